The molecule has 162 valence electrons. The standard InChI is InChI=1S/C20H31N3O6/c1-14-18(15(2)21(3)19(14)20(26)28-5)16(24)12-23(17(25)13-27-4)7-6-22-8-10-29-11-9-22/h6-13H2,1-5H3. The molecule has 1 aromatic rings. The maximum absolute atomic E-state index is 13.1. The van der Waals surface area contributed by atoms with Gasteiger partial charge in [-0.1, -0.05) is 0 Å². The van der Waals surface area contributed by atoms with Gasteiger partial charge >= 0.3 is 5.97 Å². The molecule has 1 amide bonds. The van der Waals surface area contributed by atoms with Crippen LogP contribution in [-0.2, 0) is 26.1 Å². The van der Waals surface area contributed by atoms with Gasteiger partial charge in [0.1, 0.15) is 12.3 Å². The van der Waals surface area contributed by atoms with E-state index in [9.17, 15) is 14.4 Å². The fourth-order valence-electron chi connectivity index (χ4n) is 3.62. The van der Waals surface area contributed by atoms with Crippen molar-refractivity contribution in [2.45, 2.75) is 13.8 Å². The summed E-state index contributed by atoms with van der Waals surface area (Å²) in [6.45, 7) is 7.38. The molecule has 1 aromatic heterocycles. The average Bonchev–Trinajstić information content (AvgIpc) is 2.94. The minimum Gasteiger partial charge on any atom is -0.464 e. The molecule has 2 rings (SSSR count). The van der Waals surface area contributed by atoms with Gasteiger partial charge < -0.3 is 23.7 Å². The summed E-state index contributed by atoms with van der Waals surface area (Å²) in [6, 6.07) is 0. The Hall–Kier alpha value is -2.23. The Balaban J connectivity index is 2.18. The lowest BCUT2D eigenvalue weighted by atomic mass is 10.1. The molecule has 0 spiro atoms. The summed E-state index contributed by atoms with van der Waals surface area (Å²) in [5, 5.41) is 0. The lowest BCUT2D eigenvalue weighted by molar-refractivity contribution is -0.135. The molecular formula is C20H31N3O6. The van der Waals surface area contributed by atoms with E-state index in [4.69, 9.17) is 14.2 Å². The van der Waals surface area contributed by atoms with E-state index >= 15 is 0 Å². The topological polar surface area (TPSA) is 90.3 Å². The molecule has 0 atom stereocenters. The first-order valence-electron chi connectivity index (χ1n) is 9.66. The van der Waals surface area contributed by atoms with Crippen LogP contribution in [0, 0.1) is 13.8 Å². The highest BCUT2D eigenvalue weighted by Gasteiger charge is 2.27. The number of Topliss-reactive ketones (excluding diaryl/α,β-unsaturated/α-hetero) is 1. The third-order valence-electron chi connectivity index (χ3n) is 5.33. The summed E-state index contributed by atoms with van der Waals surface area (Å²) in [7, 11) is 4.48. The van der Waals surface area contributed by atoms with E-state index in [1.54, 1.807) is 25.5 Å². The zero-order valence-corrected chi connectivity index (χ0v) is 17.9. The van der Waals surface area contributed by atoms with Crippen LogP contribution in [0.15, 0.2) is 0 Å². The van der Waals surface area contributed by atoms with Crippen molar-refractivity contribution in [1.82, 2.24) is 14.4 Å². The first-order valence-corrected chi connectivity index (χ1v) is 9.66. The molecular weight excluding hydrogens is 378 g/mol. The van der Waals surface area contributed by atoms with E-state index in [0.717, 1.165) is 13.1 Å². The molecule has 9 nitrogen and oxygen atoms in total. The molecule has 0 bridgehead atoms. The van der Waals surface area contributed by atoms with Crippen molar-refractivity contribution in [3.63, 3.8) is 0 Å². The van der Waals surface area contributed by atoms with E-state index in [0.29, 0.717) is 48.8 Å². The molecule has 0 aromatic carbocycles. The van der Waals surface area contributed by atoms with Gasteiger partial charge in [0.25, 0.3) is 0 Å². The van der Waals surface area contributed by atoms with Gasteiger partial charge in [-0.25, -0.2) is 4.79 Å². The fraction of sp³-hybridized carbons (Fsp3) is 0.650. The number of ketones is 1. The maximum Gasteiger partial charge on any atom is 0.354 e. The third kappa shape index (κ3) is 5.43. The summed E-state index contributed by atoms with van der Waals surface area (Å²) >= 11 is 0. The second kappa shape index (κ2) is 10.5. The normalized spacial score (nSPS) is 14.7. The summed E-state index contributed by atoms with van der Waals surface area (Å²) in [5.74, 6) is -0.947. The molecule has 29 heavy (non-hydrogen) atoms. The maximum atomic E-state index is 13.1. The lowest BCUT2D eigenvalue weighted by Crippen LogP contribution is -2.45. The van der Waals surface area contributed by atoms with E-state index in [1.807, 2.05) is 0 Å². The predicted molar refractivity (Wildman–Crippen MR) is 106 cm³/mol. The van der Waals surface area contributed by atoms with E-state index in [2.05, 4.69) is 4.90 Å². The van der Waals surface area contributed by atoms with Crippen LogP contribution in [0.5, 0.6) is 0 Å². The number of aromatic nitrogens is 1. The Kier molecular flexibility index (Phi) is 8.36. The van der Waals surface area contributed by atoms with Crippen LogP contribution in [0.2, 0.25) is 0 Å². The van der Waals surface area contributed by atoms with Crippen LogP contribution in [0.3, 0.4) is 0 Å². The smallest absolute Gasteiger partial charge is 0.354 e. The molecule has 0 saturated carbocycles. The minimum absolute atomic E-state index is 0.0706. The summed E-state index contributed by atoms with van der Waals surface area (Å²) < 4.78 is 16.8. The molecule has 1 aliphatic heterocycles. The van der Waals surface area contributed by atoms with Gasteiger partial charge in [-0.3, -0.25) is 14.5 Å². The number of rotatable bonds is 9. The molecule has 0 N–H and O–H groups in total. The quantitative estimate of drug-likeness (QED) is 0.431. The second-order valence-corrected chi connectivity index (χ2v) is 7.11. The monoisotopic (exact) mass is 409 g/mol. The third-order valence-corrected chi connectivity index (χ3v) is 5.33. The summed E-state index contributed by atoms with van der Waals surface area (Å²) in [5.41, 5.74) is 2.03. The van der Waals surface area contributed by atoms with E-state index in [1.165, 1.54) is 19.1 Å². The highest BCUT2D eigenvalue weighted by atomic mass is 16.5. The van der Waals surface area contributed by atoms with Crippen molar-refractivity contribution in [1.29, 1.82) is 0 Å². The van der Waals surface area contributed by atoms with Crippen molar-refractivity contribution in [3.8, 4) is 0 Å². The zero-order chi connectivity index (χ0) is 21.6. The summed E-state index contributed by atoms with van der Waals surface area (Å²) in [6.07, 6.45) is 0. The molecule has 9 heteroatoms. The molecule has 1 saturated heterocycles. The minimum atomic E-state index is -0.494. The van der Waals surface area contributed by atoms with Crippen molar-refractivity contribution in [3.05, 3.63) is 22.5 Å². The highest BCUT2D eigenvalue weighted by molar-refractivity contribution is 6.04. The van der Waals surface area contributed by atoms with Gasteiger partial charge in [0, 0.05) is 51.6 Å². The zero-order valence-electron chi connectivity index (χ0n) is 17.9. The van der Waals surface area contributed by atoms with Gasteiger partial charge in [-0.15, -0.1) is 0 Å². The van der Waals surface area contributed by atoms with Crippen LogP contribution in [0.25, 0.3) is 0 Å². The number of hydrogen-bond donors (Lipinski definition) is 0. The highest BCUT2D eigenvalue weighted by Crippen LogP contribution is 2.22. The van der Waals surface area contributed by atoms with E-state index < -0.39 is 5.97 Å². The molecule has 1 fully saturated rings. The Bertz CT molecular complexity index is 752. The Morgan fingerprint density at radius 1 is 1.14 bits per heavy atom. The molecule has 0 aliphatic carbocycles. The van der Waals surface area contributed by atoms with Gasteiger partial charge in [0.2, 0.25) is 5.91 Å². The SMILES string of the molecule is COCC(=O)N(CCN1CCOCC1)CC(=O)c1c(C)c(C(=O)OC)n(C)c1C. The first kappa shape index (κ1) is 23.1. The number of carbonyl (C=O) groups is 3. The Morgan fingerprint density at radius 3 is 2.38 bits per heavy atom. The number of methoxy groups -OCH3 is 2. The number of ether oxygens (including phenoxy) is 3. The number of hydrogen-bond acceptors (Lipinski definition) is 7. The molecule has 2 heterocycles. The van der Waals surface area contributed by atoms with Crippen LogP contribution < -0.4 is 0 Å². The number of amides is 1. The molecule has 1 aliphatic rings. The van der Waals surface area contributed by atoms with Crippen molar-refractivity contribution in [2.75, 3.05) is 66.8 Å². The molecule has 0 radical (unpaired) electrons. The number of esters is 1. The van der Waals surface area contributed by atoms with Crippen LogP contribution in [-0.4, -0.2) is 98.8 Å². The number of morpholine rings is 1. The number of nitrogens with zero attached hydrogens (tertiary/aromatic N) is 3. The van der Waals surface area contributed by atoms with Gasteiger partial charge in [0.05, 0.1) is 26.9 Å². The second-order valence-electron chi connectivity index (χ2n) is 7.11. The largest absolute Gasteiger partial charge is 0.464 e. The van der Waals surface area contributed by atoms with Crippen molar-refractivity contribution >= 4 is 17.7 Å². The lowest BCUT2D eigenvalue weighted by Gasteiger charge is -2.29. The average molecular weight is 409 g/mol. The van der Waals surface area contributed by atoms with Gasteiger partial charge in [-0.05, 0) is 19.4 Å². The number of carbonyl (C=O) groups excluding carboxylic acids is 3. The van der Waals surface area contributed by atoms with Crippen LogP contribution in [0.4, 0.5) is 0 Å². The predicted octanol–water partition coefficient (Wildman–Crippen LogP) is 0.418. The Labute approximate surface area is 171 Å². The van der Waals surface area contributed by atoms with Crippen LogP contribution >= 0.6 is 0 Å². The fourth-order valence-corrected chi connectivity index (χ4v) is 3.62. The van der Waals surface area contributed by atoms with Gasteiger partial charge in [-0.2, -0.15) is 0 Å². The van der Waals surface area contributed by atoms with Gasteiger partial charge in [0.15, 0.2) is 5.78 Å². The molecule has 0 unspecified atom stereocenters. The first-order chi connectivity index (χ1) is 13.8. The van der Waals surface area contributed by atoms with Crippen molar-refractivity contribution in [2.24, 2.45) is 7.05 Å². The van der Waals surface area contributed by atoms with E-state index in [-0.39, 0.29) is 24.8 Å². The van der Waals surface area contributed by atoms with Crippen LogP contribution in [0.1, 0.15) is 32.1 Å². The summed E-state index contributed by atoms with van der Waals surface area (Å²) in [4.78, 5) is 41.4. The van der Waals surface area contributed by atoms with Crippen molar-refractivity contribution < 1.29 is 28.6 Å². The Morgan fingerprint density at radius 2 is 1.79 bits per heavy atom.